The van der Waals surface area contributed by atoms with Crippen molar-refractivity contribution in [1.82, 2.24) is 5.32 Å². The molecule has 0 aliphatic heterocycles. The fourth-order valence-electron chi connectivity index (χ4n) is 2.66. The quantitative estimate of drug-likeness (QED) is 0.751. The maximum Gasteiger partial charge on any atom is 0.0434 e. The molecule has 2 rings (SSSR count). The molecule has 114 valence electrons. The molecule has 0 saturated heterocycles. The van der Waals surface area contributed by atoms with Crippen LogP contribution < -0.4 is 10.2 Å². The first-order valence-corrected chi connectivity index (χ1v) is 8.75. The highest BCUT2D eigenvalue weighted by molar-refractivity contribution is 7.07. The van der Waals surface area contributed by atoms with E-state index < -0.39 is 0 Å². The second kappa shape index (κ2) is 8.20. The maximum absolute atomic E-state index is 3.66. The molecule has 1 aromatic heterocycles. The van der Waals surface area contributed by atoms with E-state index >= 15 is 0 Å². The summed E-state index contributed by atoms with van der Waals surface area (Å²) in [7, 11) is 2.18. The summed E-state index contributed by atoms with van der Waals surface area (Å²) in [5.41, 5.74) is 4.12. The summed E-state index contributed by atoms with van der Waals surface area (Å²) in [5.74, 6) is 0. The molecule has 1 atom stereocenters. The minimum Gasteiger partial charge on any atom is -0.370 e. The van der Waals surface area contributed by atoms with Crippen LogP contribution in [0, 0.1) is 0 Å². The predicted octanol–water partition coefficient (Wildman–Crippen LogP) is 4.84. The lowest BCUT2D eigenvalue weighted by Crippen LogP contribution is -2.25. The van der Waals surface area contributed by atoms with Crippen LogP contribution in [0.5, 0.6) is 0 Å². The molecule has 0 saturated carbocycles. The van der Waals surface area contributed by atoms with Gasteiger partial charge in [0.1, 0.15) is 0 Å². The van der Waals surface area contributed by atoms with Gasteiger partial charge in [0.05, 0.1) is 0 Å². The summed E-state index contributed by atoms with van der Waals surface area (Å²) < 4.78 is 0. The van der Waals surface area contributed by atoms with Crippen molar-refractivity contribution >= 4 is 17.0 Å². The Hall–Kier alpha value is -1.32. The largest absolute Gasteiger partial charge is 0.370 e. The zero-order valence-corrected chi connectivity index (χ0v) is 14.1. The summed E-state index contributed by atoms with van der Waals surface area (Å²) in [6, 6.07) is 11.4. The van der Waals surface area contributed by atoms with Crippen molar-refractivity contribution in [3.63, 3.8) is 0 Å². The van der Waals surface area contributed by atoms with Gasteiger partial charge in [-0.05, 0) is 53.4 Å². The van der Waals surface area contributed by atoms with Gasteiger partial charge in [-0.1, -0.05) is 32.0 Å². The molecule has 0 aliphatic rings. The molecule has 2 nitrogen and oxygen atoms in total. The van der Waals surface area contributed by atoms with Crippen molar-refractivity contribution in [2.75, 3.05) is 18.5 Å². The molecule has 1 heterocycles. The van der Waals surface area contributed by atoms with Gasteiger partial charge in [-0.25, -0.2) is 0 Å². The van der Waals surface area contributed by atoms with Crippen LogP contribution in [0.4, 0.5) is 5.69 Å². The van der Waals surface area contributed by atoms with Crippen LogP contribution in [0.3, 0.4) is 0 Å². The number of nitrogens with one attached hydrogen (secondary N) is 1. The highest BCUT2D eigenvalue weighted by Gasteiger charge is 2.15. The molecule has 0 aliphatic carbocycles. The number of para-hydroxylation sites is 1. The summed E-state index contributed by atoms with van der Waals surface area (Å²) in [5, 5.41) is 8.04. The Kier molecular flexibility index (Phi) is 6.27. The number of anilines is 1. The van der Waals surface area contributed by atoms with Crippen LogP contribution in [0.15, 0.2) is 41.1 Å². The molecule has 0 amide bonds. The average Bonchev–Trinajstić information content (AvgIpc) is 3.01. The fraction of sp³-hybridized carbons (Fsp3) is 0.444. The van der Waals surface area contributed by atoms with E-state index in [9.17, 15) is 0 Å². The lowest BCUT2D eigenvalue weighted by Gasteiger charge is -2.26. The summed E-state index contributed by atoms with van der Waals surface area (Å²) in [6.07, 6.45) is 2.28. The average molecular weight is 302 g/mol. The van der Waals surface area contributed by atoms with E-state index in [1.807, 2.05) is 0 Å². The number of rotatable bonds is 8. The molecular formula is C18H26N2S. The third-order valence-corrected chi connectivity index (χ3v) is 4.50. The van der Waals surface area contributed by atoms with Crippen LogP contribution in [-0.4, -0.2) is 13.6 Å². The van der Waals surface area contributed by atoms with E-state index in [4.69, 9.17) is 0 Å². The lowest BCUT2D eigenvalue weighted by atomic mass is 10.0. The Labute approximate surface area is 132 Å². The van der Waals surface area contributed by atoms with Crippen molar-refractivity contribution in [1.29, 1.82) is 0 Å². The molecule has 3 heteroatoms. The monoisotopic (exact) mass is 302 g/mol. The van der Waals surface area contributed by atoms with Crippen molar-refractivity contribution in [3.8, 4) is 0 Å². The first-order valence-electron chi connectivity index (χ1n) is 7.80. The third-order valence-electron chi connectivity index (χ3n) is 3.77. The maximum atomic E-state index is 3.66. The van der Waals surface area contributed by atoms with E-state index in [2.05, 4.69) is 72.2 Å². The first kappa shape index (κ1) is 16.1. The summed E-state index contributed by atoms with van der Waals surface area (Å²) in [4.78, 5) is 2.35. The zero-order valence-electron chi connectivity index (χ0n) is 13.3. The van der Waals surface area contributed by atoms with Crippen LogP contribution >= 0.6 is 11.3 Å². The van der Waals surface area contributed by atoms with Gasteiger partial charge >= 0.3 is 0 Å². The summed E-state index contributed by atoms with van der Waals surface area (Å²) >= 11 is 1.76. The standard InChI is InChI=1S/C18H26N2S/c1-4-11-19-17(5-2)16-8-6-7-9-18(16)20(3)13-15-10-12-21-14-15/h6-10,12,14,17,19H,4-5,11,13H2,1-3H3. The fourth-order valence-corrected chi connectivity index (χ4v) is 3.32. The van der Waals surface area contributed by atoms with Gasteiger partial charge in [0.15, 0.2) is 0 Å². The molecule has 0 fully saturated rings. The Balaban J connectivity index is 2.18. The Bertz CT molecular complexity index is 522. The minimum absolute atomic E-state index is 0.436. The molecular weight excluding hydrogens is 276 g/mol. The molecule has 0 spiro atoms. The predicted molar refractivity (Wildman–Crippen MR) is 94.2 cm³/mol. The highest BCUT2D eigenvalue weighted by atomic mass is 32.1. The zero-order chi connectivity index (χ0) is 15.1. The first-order chi connectivity index (χ1) is 10.3. The van der Waals surface area contributed by atoms with Gasteiger partial charge in [-0.15, -0.1) is 0 Å². The van der Waals surface area contributed by atoms with Gasteiger partial charge < -0.3 is 10.2 Å². The van der Waals surface area contributed by atoms with Crippen molar-refractivity contribution in [2.24, 2.45) is 0 Å². The normalized spacial score (nSPS) is 12.3. The van der Waals surface area contributed by atoms with Crippen LogP contribution in [0.1, 0.15) is 43.9 Å². The number of benzene rings is 1. The molecule has 2 aromatic rings. The Morgan fingerprint density at radius 2 is 2.00 bits per heavy atom. The van der Waals surface area contributed by atoms with Crippen LogP contribution in [0.2, 0.25) is 0 Å². The Morgan fingerprint density at radius 1 is 1.19 bits per heavy atom. The lowest BCUT2D eigenvalue weighted by molar-refractivity contribution is 0.518. The Morgan fingerprint density at radius 3 is 2.67 bits per heavy atom. The minimum atomic E-state index is 0.436. The second-order valence-corrected chi connectivity index (χ2v) is 6.24. The smallest absolute Gasteiger partial charge is 0.0434 e. The summed E-state index contributed by atoms with van der Waals surface area (Å²) in [6.45, 7) is 6.50. The van der Waals surface area contributed by atoms with Gasteiger partial charge in [0, 0.05) is 25.3 Å². The second-order valence-electron chi connectivity index (χ2n) is 5.46. The molecule has 1 aromatic carbocycles. The topological polar surface area (TPSA) is 15.3 Å². The van der Waals surface area contributed by atoms with E-state index in [1.54, 1.807) is 11.3 Å². The van der Waals surface area contributed by atoms with Gasteiger partial charge in [-0.2, -0.15) is 11.3 Å². The van der Waals surface area contributed by atoms with Crippen molar-refractivity contribution in [3.05, 3.63) is 52.2 Å². The van der Waals surface area contributed by atoms with E-state index in [-0.39, 0.29) is 0 Å². The number of hydrogen-bond acceptors (Lipinski definition) is 3. The SMILES string of the molecule is CCCNC(CC)c1ccccc1N(C)Cc1ccsc1. The van der Waals surface area contributed by atoms with Crippen molar-refractivity contribution in [2.45, 2.75) is 39.3 Å². The number of hydrogen-bond donors (Lipinski definition) is 1. The molecule has 0 bridgehead atoms. The number of thiophene rings is 1. The van der Waals surface area contributed by atoms with E-state index in [1.165, 1.54) is 23.2 Å². The van der Waals surface area contributed by atoms with E-state index in [0.29, 0.717) is 6.04 Å². The van der Waals surface area contributed by atoms with Crippen LogP contribution in [-0.2, 0) is 6.54 Å². The number of nitrogens with zero attached hydrogens (tertiary/aromatic N) is 1. The van der Waals surface area contributed by atoms with E-state index in [0.717, 1.165) is 19.5 Å². The molecule has 21 heavy (non-hydrogen) atoms. The van der Waals surface area contributed by atoms with Gasteiger partial charge in [0.2, 0.25) is 0 Å². The van der Waals surface area contributed by atoms with Gasteiger partial charge in [-0.3, -0.25) is 0 Å². The van der Waals surface area contributed by atoms with Gasteiger partial charge in [0.25, 0.3) is 0 Å². The highest BCUT2D eigenvalue weighted by Crippen LogP contribution is 2.28. The molecule has 1 unspecified atom stereocenters. The third kappa shape index (κ3) is 4.32. The van der Waals surface area contributed by atoms with Crippen LogP contribution in [0.25, 0.3) is 0 Å². The molecule has 1 N–H and O–H groups in total. The van der Waals surface area contributed by atoms with Crippen molar-refractivity contribution < 1.29 is 0 Å². The molecule has 0 radical (unpaired) electrons.